The van der Waals surface area contributed by atoms with Crippen molar-refractivity contribution in [3.8, 4) is 10.8 Å². The van der Waals surface area contributed by atoms with Crippen LogP contribution in [0.15, 0.2) is 21.9 Å². The molecular weight excluding hydrogens is 312 g/mol. The molecule has 1 atom stereocenters. The summed E-state index contributed by atoms with van der Waals surface area (Å²) in [5.74, 6) is 1.89. The molecule has 0 unspecified atom stereocenters. The number of nitrogens with zero attached hydrogens (tertiary/aromatic N) is 4. The predicted molar refractivity (Wildman–Crippen MR) is 86.9 cm³/mol. The number of carbonyl (C=O) groups excluding carboxylic acids is 1. The lowest BCUT2D eigenvalue weighted by Gasteiger charge is -2.37. The molecule has 0 aromatic carbocycles. The number of carbonyl (C=O) groups is 1. The molecule has 1 amide bonds. The average molecular weight is 332 g/mol. The molecule has 0 spiro atoms. The summed E-state index contributed by atoms with van der Waals surface area (Å²) in [6.45, 7) is 5.40. The number of piperazine rings is 1. The monoisotopic (exact) mass is 332 g/mol. The maximum absolute atomic E-state index is 12.1. The van der Waals surface area contributed by atoms with E-state index in [9.17, 15) is 4.79 Å². The van der Waals surface area contributed by atoms with Gasteiger partial charge in [-0.05, 0) is 31.2 Å². The van der Waals surface area contributed by atoms with Crippen LogP contribution in [0, 0.1) is 5.92 Å². The largest absolute Gasteiger partial charge is 0.418 e. The summed E-state index contributed by atoms with van der Waals surface area (Å²) in [4.78, 5) is 17.4. The average Bonchev–Trinajstić information content (AvgIpc) is 3.09. The summed E-state index contributed by atoms with van der Waals surface area (Å²) in [5, 5.41) is 10.4. The Balaban J connectivity index is 1.38. The van der Waals surface area contributed by atoms with E-state index < -0.39 is 0 Å². The molecule has 122 valence electrons. The lowest BCUT2D eigenvalue weighted by atomic mass is 10.2. The molecule has 4 rings (SSSR count). The van der Waals surface area contributed by atoms with Gasteiger partial charge in [-0.15, -0.1) is 21.5 Å². The quantitative estimate of drug-likeness (QED) is 0.860. The molecule has 1 aliphatic carbocycles. The minimum atomic E-state index is 0.0781. The van der Waals surface area contributed by atoms with Crippen molar-refractivity contribution in [2.24, 2.45) is 5.92 Å². The van der Waals surface area contributed by atoms with E-state index >= 15 is 0 Å². The number of hydrogen-bond acceptors (Lipinski definition) is 6. The van der Waals surface area contributed by atoms with Crippen LogP contribution in [0.1, 0.15) is 31.7 Å². The predicted octanol–water partition coefficient (Wildman–Crippen LogP) is 2.41. The smallest absolute Gasteiger partial charge is 0.257 e. The van der Waals surface area contributed by atoms with Crippen LogP contribution in [0.2, 0.25) is 0 Å². The second kappa shape index (κ2) is 6.05. The zero-order valence-corrected chi connectivity index (χ0v) is 14.0. The van der Waals surface area contributed by atoms with E-state index in [1.807, 2.05) is 22.4 Å². The molecule has 1 saturated heterocycles. The first-order chi connectivity index (χ1) is 11.2. The van der Waals surface area contributed by atoms with Gasteiger partial charge in [0.1, 0.15) is 0 Å². The van der Waals surface area contributed by atoms with Crippen LogP contribution in [0.4, 0.5) is 0 Å². The highest BCUT2D eigenvalue weighted by Crippen LogP contribution is 2.32. The normalized spacial score (nSPS) is 20.7. The van der Waals surface area contributed by atoms with Crippen LogP contribution in [-0.4, -0.2) is 52.1 Å². The van der Waals surface area contributed by atoms with Gasteiger partial charge in [0.05, 0.1) is 10.9 Å². The number of aromatic nitrogens is 2. The fourth-order valence-corrected chi connectivity index (χ4v) is 3.62. The Bertz CT molecular complexity index is 672. The Morgan fingerprint density at radius 2 is 2.09 bits per heavy atom. The Hall–Kier alpha value is -1.73. The first-order valence-electron chi connectivity index (χ1n) is 8.12. The highest BCUT2D eigenvalue weighted by atomic mass is 32.1. The second-order valence-electron chi connectivity index (χ2n) is 6.23. The van der Waals surface area contributed by atoms with Crippen molar-refractivity contribution in [3.05, 3.63) is 23.4 Å². The van der Waals surface area contributed by atoms with Gasteiger partial charge in [-0.1, -0.05) is 6.07 Å². The minimum absolute atomic E-state index is 0.0781. The van der Waals surface area contributed by atoms with Crippen LogP contribution >= 0.6 is 11.3 Å². The van der Waals surface area contributed by atoms with Crippen LogP contribution in [0.25, 0.3) is 10.8 Å². The van der Waals surface area contributed by atoms with Crippen LogP contribution in [-0.2, 0) is 4.79 Å². The van der Waals surface area contributed by atoms with Gasteiger partial charge in [-0.2, -0.15) is 0 Å². The van der Waals surface area contributed by atoms with E-state index in [1.54, 1.807) is 11.3 Å². The summed E-state index contributed by atoms with van der Waals surface area (Å²) < 4.78 is 5.83. The van der Waals surface area contributed by atoms with E-state index in [2.05, 4.69) is 22.0 Å². The van der Waals surface area contributed by atoms with Crippen molar-refractivity contribution in [2.75, 3.05) is 26.2 Å². The van der Waals surface area contributed by atoms with Crippen LogP contribution in [0.5, 0.6) is 0 Å². The van der Waals surface area contributed by atoms with Gasteiger partial charge in [0.2, 0.25) is 11.8 Å². The molecule has 0 bridgehead atoms. The molecule has 1 saturated carbocycles. The summed E-state index contributed by atoms with van der Waals surface area (Å²) in [7, 11) is 0. The van der Waals surface area contributed by atoms with Gasteiger partial charge < -0.3 is 9.32 Å². The molecule has 3 heterocycles. The molecule has 6 nitrogen and oxygen atoms in total. The van der Waals surface area contributed by atoms with E-state index in [0.29, 0.717) is 23.6 Å². The number of hydrogen-bond donors (Lipinski definition) is 0. The van der Waals surface area contributed by atoms with Gasteiger partial charge in [-0.3, -0.25) is 9.69 Å². The fourth-order valence-electron chi connectivity index (χ4n) is 2.98. The zero-order chi connectivity index (χ0) is 15.8. The van der Waals surface area contributed by atoms with E-state index in [1.165, 1.54) is 0 Å². The van der Waals surface area contributed by atoms with Crippen molar-refractivity contribution in [2.45, 2.75) is 25.8 Å². The summed E-state index contributed by atoms with van der Waals surface area (Å²) in [6, 6.07) is 4.03. The summed E-state index contributed by atoms with van der Waals surface area (Å²) >= 11 is 1.59. The lowest BCUT2D eigenvalue weighted by Crippen LogP contribution is -2.49. The zero-order valence-electron chi connectivity index (χ0n) is 13.1. The SMILES string of the molecule is C[C@@H](c1nnc(-c2cccs2)o1)N1CCN(C(=O)C2CC2)CC1. The number of thiophene rings is 1. The highest BCUT2D eigenvalue weighted by Gasteiger charge is 2.35. The molecule has 2 aliphatic rings. The molecular formula is C16H20N4O2S. The van der Waals surface area contributed by atoms with Gasteiger partial charge in [0.15, 0.2) is 0 Å². The molecule has 23 heavy (non-hydrogen) atoms. The molecule has 2 fully saturated rings. The minimum Gasteiger partial charge on any atom is -0.418 e. The molecule has 2 aromatic rings. The molecule has 0 radical (unpaired) electrons. The molecule has 1 aliphatic heterocycles. The third kappa shape index (κ3) is 3.03. The van der Waals surface area contributed by atoms with E-state index in [-0.39, 0.29) is 6.04 Å². The summed E-state index contributed by atoms with van der Waals surface area (Å²) in [6.07, 6.45) is 2.14. The van der Waals surface area contributed by atoms with Crippen molar-refractivity contribution in [3.63, 3.8) is 0 Å². The Labute approximate surface area is 139 Å². The molecule has 7 heteroatoms. The van der Waals surface area contributed by atoms with Gasteiger partial charge in [-0.25, -0.2) is 0 Å². The summed E-state index contributed by atoms with van der Waals surface area (Å²) in [5.41, 5.74) is 0. The lowest BCUT2D eigenvalue weighted by molar-refractivity contribution is -0.134. The van der Waals surface area contributed by atoms with Crippen molar-refractivity contribution < 1.29 is 9.21 Å². The maximum Gasteiger partial charge on any atom is 0.257 e. The maximum atomic E-state index is 12.1. The Kier molecular flexibility index (Phi) is 3.90. The molecule has 0 N–H and O–H groups in total. The van der Waals surface area contributed by atoms with Crippen LogP contribution in [0.3, 0.4) is 0 Å². The van der Waals surface area contributed by atoms with Crippen molar-refractivity contribution in [1.29, 1.82) is 0 Å². The highest BCUT2D eigenvalue weighted by molar-refractivity contribution is 7.13. The Morgan fingerprint density at radius 3 is 2.74 bits per heavy atom. The second-order valence-corrected chi connectivity index (χ2v) is 7.18. The standard InChI is InChI=1S/C16H20N4O2S/c1-11(14-17-18-15(22-14)13-3-2-10-23-13)19-6-8-20(9-7-19)16(21)12-4-5-12/h2-3,10-12H,4-9H2,1H3/t11-/m0/s1. The Morgan fingerprint density at radius 1 is 1.30 bits per heavy atom. The van der Waals surface area contributed by atoms with Crippen molar-refractivity contribution in [1.82, 2.24) is 20.0 Å². The first kappa shape index (κ1) is 14.8. The van der Waals surface area contributed by atoms with Crippen molar-refractivity contribution >= 4 is 17.2 Å². The fraction of sp³-hybridized carbons (Fsp3) is 0.562. The van der Waals surface area contributed by atoms with E-state index in [4.69, 9.17) is 4.42 Å². The third-order valence-corrected chi connectivity index (χ3v) is 5.49. The van der Waals surface area contributed by atoms with Gasteiger partial charge in [0, 0.05) is 32.1 Å². The first-order valence-corrected chi connectivity index (χ1v) is 9.00. The number of rotatable bonds is 4. The van der Waals surface area contributed by atoms with E-state index in [0.717, 1.165) is 43.9 Å². The van der Waals surface area contributed by atoms with Crippen LogP contribution < -0.4 is 0 Å². The topological polar surface area (TPSA) is 62.5 Å². The third-order valence-electron chi connectivity index (χ3n) is 4.63. The van der Waals surface area contributed by atoms with Gasteiger partial charge in [0.25, 0.3) is 5.89 Å². The van der Waals surface area contributed by atoms with Gasteiger partial charge >= 0.3 is 0 Å². The number of amides is 1. The molecule has 2 aromatic heterocycles.